The molecule has 1 aromatic carbocycles. The summed E-state index contributed by atoms with van der Waals surface area (Å²) in [7, 11) is 0. The van der Waals surface area contributed by atoms with Gasteiger partial charge in [-0.25, -0.2) is 9.18 Å². The average molecular weight is 281 g/mol. The molecule has 1 aromatic rings. The number of carbonyl (C=O) groups is 2. The summed E-state index contributed by atoms with van der Waals surface area (Å²) in [4.78, 5) is 24.9. The Labute approximate surface area is 115 Å². The van der Waals surface area contributed by atoms with E-state index in [1.807, 2.05) is 0 Å². The second kappa shape index (κ2) is 5.90. The van der Waals surface area contributed by atoms with Crippen LogP contribution in [0.15, 0.2) is 18.2 Å². The topological polar surface area (TPSA) is 77.8 Å². The number of phenolic OH excluding ortho intramolecular Hbond substituents is 1. The number of carboxylic acid groups (broad SMARTS) is 1. The molecule has 2 rings (SSSR count). The fourth-order valence-electron chi connectivity index (χ4n) is 2.44. The number of aliphatic carboxylic acids is 1. The minimum Gasteiger partial charge on any atom is -0.507 e. The summed E-state index contributed by atoms with van der Waals surface area (Å²) in [5, 5.41) is 18.9. The van der Waals surface area contributed by atoms with Crippen molar-refractivity contribution in [3.63, 3.8) is 0 Å². The van der Waals surface area contributed by atoms with Crippen molar-refractivity contribution in [2.75, 3.05) is 6.54 Å². The third kappa shape index (κ3) is 2.89. The predicted molar refractivity (Wildman–Crippen MR) is 69.0 cm³/mol. The molecule has 2 N–H and O–H groups in total. The zero-order chi connectivity index (χ0) is 14.7. The number of carboxylic acids is 1. The van der Waals surface area contributed by atoms with Gasteiger partial charge >= 0.3 is 5.97 Å². The summed E-state index contributed by atoms with van der Waals surface area (Å²) < 4.78 is 13.2. The largest absolute Gasteiger partial charge is 0.507 e. The third-order valence-corrected chi connectivity index (χ3v) is 3.49. The van der Waals surface area contributed by atoms with Crippen molar-refractivity contribution in [2.24, 2.45) is 0 Å². The Bertz CT molecular complexity index is 532. The van der Waals surface area contributed by atoms with Crippen LogP contribution in [-0.2, 0) is 4.79 Å². The average Bonchev–Trinajstić information content (AvgIpc) is 2.66. The molecule has 0 saturated carbocycles. The molecular formula is C14H16FNO4. The van der Waals surface area contributed by atoms with E-state index in [-0.39, 0.29) is 11.3 Å². The van der Waals surface area contributed by atoms with Crippen LogP contribution in [0.1, 0.15) is 36.0 Å². The van der Waals surface area contributed by atoms with E-state index in [4.69, 9.17) is 0 Å². The van der Waals surface area contributed by atoms with Crippen LogP contribution in [-0.4, -0.2) is 39.6 Å². The second-order valence-corrected chi connectivity index (χ2v) is 4.86. The molecule has 1 heterocycles. The van der Waals surface area contributed by atoms with Gasteiger partial charge in [-0.05, 0) is 31.0 Å². The quantitative estimate of drug-likeness (QED) is 0.869. The molecule has 5 nitrogen and oxygen atoms in total. The van der Waals surface area contributed by atoms with Crippen LogP contribution in [0, 0.1) is 5.82 Å². The van der Waals surface area contributed by atoms with Gasteiger partial charge in [0.05, 0.1) is 5.56 Å². The maximum absolute atomic E-state index is 13.2. The van der Waals surface area contributed by atoms with Crippen molar-refractivity contribution in [1.82, 2.24) is 4.90 Å². The summed E-state index contributed by atoms with van der Waals surface area (Å²) in [6.07, 6.45) is 2.65. The van der Waals surface area contributed by atoms with E-state index in [0.29, 0.717) is 19.4 Å². The lowest BCUT2D eigenvalue weighted by Crippen LogP contribution is -2.44. The third-order valence-electron chi connectivity index (χ3n) is 3.49. The molecule has 6 heteroatoms. The number of halogens is 1. The Morgan fingerprint density at radius 1 is 1.25 bits per heavy atom. The summed E-state index contributed by atoms with van der Waals surface area (Å²) in [5.74, 6) is -2.70. The lowest BCUT2D eigenvalue weighted by molar-refractivity contribution is -0.142. The first-order valence-corrected chi connectivity index (χ1v) is 6.53. The smallest absolute Gasteiger partial charge is 0.326 e. The number of nitrogens with zero attached hydrogens (tertiary/aromatic N) is 1. The number of likely N-dealkylation sites (tertiary alicyclic amines) is 1. The normalized spacial score (nSPS) is 19.4. The minimum atomic E-state index is -1.07. The highest BCUT2D eigenvalue weighted by atomic mass is 19.1. The fourth-order valence-corrected chi connectivity index (χ4v) is 2.44. The van der Waals surface area contributed by atoms with Crippen LogP contribution in [0.5, 0.6) is 5.75 Å². The number of benzene rings is 1. The van der Waals surface area contributed by atoms with Crippen LogP contribution in [0.2, 0.25) is 0 Å². The van der Waals surface area contributed by atoms with Crippen LogP contribution < -0.4 is 0 Å². The first-order chi connectivity index (χ1) is 9.50. The summed E-state index contributed by atoms with van der Waals surface area (Å²) in [5.41, 5.74) is -0.196. The van der Waals surface area contributed by atoms with Crippen molar-refractivity contribution in [1.29, 1.82) is 0 Å². The Morgan fingerprint density at radius 2 is 2.00 bits per heavy atom. The molecule has 1 fully saturated rings. The number of rotatable bonds is 2. The molecule has 20 heavy (non-hydrogen) atoms. The number of phenols is 1. The lowest BCUT2D eigenvalue weighted by Gasteiger charge is -2.27. The number of amides is 1. The SMILES string of the molecule is O=C(O)C1CCCCCN1C(=O)c1cc(F)ccc1O. The molecule has 0 bridgehead atoms. The van der Waals surface area contributed by atoms with Crippen molar-refractivity contribution >= 4 is 11.9 Å². The maximum Gasteiger partial charge on any atom is 0.326 e. The molecule has 0 aliphatic carbocycles. The van der Waals surface area contributed by atoms with E-state index >= 15 is 0 Å². The van der Waals surface area contributed by atoms with Gasteiger partial charge < -0.3 is 15.1 Å². The summed E-state index contributed by atoms with van der Waals surface area (Å²) in [6.45, 7) is 0.297. The van der Waals surface area contributed by atoms with Gasteiger partial charge in [-0.3, -0.25) is 4.79 Å². The van der Waals surface area contributed by atoms with E-state index in [2.05, 4.69) is 0 Å². The van der Waals surface area contributed by atoms with Gasteiger partial charge in [0.1, 0.15) is 17.6 Å². The molecule has 0 spiro atoms. The Morgan fingerprint density at radius 3 is 2.70 bits per heavy atom. The van der Waals surface area contributed by atoms with Gasteiger partial charge in [0.2, 0.25) is 0 Å². The van der Waals surface area contributed by atoms with E-state index in [1.165, 1.54) is 4.90 Å². The summed E-state index contributed by atoms with van der Waals surface area (Å²) in [6, 6.07) is 2.15. The Kier molecular flexibility index (Phi) is 4.22. The molecule has 1 aliphatic rings. The second-order valence-electron chi connectivity index (χ2n) is 4.86. The predicted octanol–water partition coefficient (Wildman–Crippen LogP) is 2.00. The highest BCUT2D eigenvalue weighted by Crippen LogP contribution is 2.24. The molecule has 1 atom stereocenters. The number of hydrogen-bond acceptors (Lipinski definition) is 3. The van der Waals surface area contributed by atoms with Gasteiger partial charge in [-0.2, -0.15) is 0 Å². The van der Waals surface area contributed by atoms with E-state index in [9.17, 15) is 24.2 Å². The first-order valence-electron chi connectivity index (χ1n) is 6.53. The number of hydrogen-bond donors (Lipinski definition) is 2. The highest BCUT2D eigenvalue weighted by Gasteiger charge is 2.32. The molecule has 1 saturated heterocycles. The van der Waals surface area contributed by atoms with Crippen molar-refractivity contribution in [3.05, 3.63) is 29.6 Å². The standard InChI is InChI=1S/C14H16FNO4/c15-9-5-6-12(17)10(8-9)13(18)16-7-3-1-2-4-11(16)14(19)20/h5-6,8,11,17H,1-4,7H2,(H,19,20). The van der Waals surface area contributed by atoms with Crippen LogP contribution in [0.3, 0.4) is 0 Å². The van der Waals surface area contributed by atoms with Crippen LogP contribution in [0.25, 0.3) is 0 Å². The van der Waals surface area contributed by atoms with Gasteiger partial charge in [0.25, 0.3) is 5.91 Å². The van der Waals surface area contributed by atoms with Gasteiger partial charge in [0.15, 0.2) is 0 Å². The Balaban J connectivity index is 2.33. The molecular weight excluding hydrogens is 265 g/mol. The maximum atomic E-state index is 13.2. The molecule has 1 unspecified atom stereocenters. The lowest BCUT2D eigenvalue weighted by atomic mass is 10.1. The van der Waals surface area contributed by atoms with Crippen LogP contribution in [0.4, 0.5) is 4.39 Å². The van der Waals surface area contributed by atoms with Gasteiger partial charge in [-0.1, -0.05) is 12.8 Å². The van der Waals surface area contributed by atoms with Crippen molar-refractivity contribution in [2.45, 2.75) is 31.7 Å². The monoisotopic (exact) mass is 281 g/mol. The van der Waals surface area contributed by atoms with E-state index < -0.39 is 23.7 Å². The molecule has 0 radical (unpaired) electrons. The van der Waals surface area contributed by atoms with Gasteiger partial charge in [0, 0.05) is 6.54 Å². The number of aromatic hydroxyl groups is 1. The van der Waals surface area contributed by atoms with Crippen molar-refractivity contribution < 1.29 is 24.2 Å². The zero-order valence-corrected chi connectivity index (χ0v) is 10.9. The zero-order valence-electron chi connectivity index (χ0n) is 10.9. The fraction of sp³-hybridized carbons (Fsp3) is 0.429. The molecule has 1 amide bonds. The van der Waals surface area contributed by atoms with Gasteiger partial charge in [-0.15, -0.1) is 0 Å². The first kappa shape index (κ1) is 14.3. The van der Waals surface area contributed by atoms with Crippen molar-refractivity contribution in [3.8, 4) is 5.75 Å². The van der Waals surface area contributed by atoms with Crippen LogP contribution >= 0.6 is 0 Å². The van der Waals surface area contributed by atoms with E-state index in [0.717, 1.165) is 31.0 Å². The molecule has 0 aromatic heterocycles. The number of carbonyl (C=O) groups excluding carboxylic acids is 1. The summed E-state index contributed by atoms with van der Waals surface area (Å²) >= 11 is 0. The molecule has 108 valence electrons. The Hall–Kier alpha value is -2.11. The van der Waals surface area contributed by atoms with E-state index in [1.54, 1.807) is 0 Å². The minimum absolute atomic E-state index is 0.196. The molecule has 1 aliphatic heterocycles. The highest BCUT2D eigenvalue weighted by molar-refractivity contribution is 5.98.